The minimum absolute atomic E-state index is 0.416. The van der Waals surface area contributed by atoms with E-state index < -0.39 is 0 Å². The predicted octanol–water partition coefficient (Wildman–Crippen LogP) is 4.64. The lowest BCUT2D eigenvalue weighted by Crippen LogP contribution is -2.14. The van der Waals surface area contributed by atoms with Gasteiger partial charge in [-0.3, -0.25) is 0 Å². The summed E-state index contributed by atoms with van der Waals surface area (Å²) in [5.74, 6) is 1.85. The molecule has 2 heteroatoms. The standard InChI is InChI=1S/C19H23NO/c1-3-19(20-2)15-8-10-17(11-9-15)21-18-12-7-14-5-4-6-16(14)13-18/h7-13,19-20H,3-6H2,1-2H3. The molecule has 0 saturated heterocycles. The minimum Gasteiger partial charge on any atom is -0.457 e. The van der Waals surface area contributed by atoms with E-state index in [0.29, 0.717) is 6.04 Å². The first-order valence-electron chi connectivity index (χ1n) is 7.87. The zero-order valence-electron chi connectivity index (χ0n) is 12.9. The molecule has 2 nitrogen and oxygen atoms in total. The molecule has 1 aliphatic rings. The molecule has 1 unspecified atom stereocenters. The third-order valence-corrected chi connectivity index (χ3v) is 4.34. The largest absolute Gasteiger partial charge is 0.457 e. The van der Waals surface area contributed by atoms with Gasteiger partial charge in [-0.2, -0.15) is 0 Å². The molecule has 1 atom stereocenters. The number of benzene rings is 2. The van der Waals surface area contributed by atoms with Crippen molar-refractivity contribution in [3.63, 3.8) is 0 Å². The molecule has 0 amide bonds. The second-order valence-corrected chi connectivity index (χ2v) is 5.70. The van der Waals surface area contributed by atoms with Gasteiger partial charge in [-0.05, 0) is 73.7 Å². The van der Waals surface area contributed by atoms with Gasteiger partial charge in [-0.1, -0.05) is 25.1 Å². The Hall–Kier alpha value is -1.80. The Balaban J connectivity index is 1.73. The number of aryl methyl sites for hydroxylation is 2. The van der Waals surface area contributed by atoms with Gasteiger partial charge in [-0.15, -0.1) is 0 Å². The molecular weight excluding hydrogens is 258 g/mol. The summed E-state index contributed by atoms with van der Waals surface area (Å²) in [6.45, 7) is 2.19. The lowest BCUT2D eigenvalue weighted by molar-refractivity contribution is 0.481. The van der Waals surface area contributed by atoms with Crippen LogP contribution in [0.3, 0.4) is 0 Å². The normalized spacial score (nSPS) is 14.8. The first-order chi connectivity index (χ1) is 10.3. The average Bonchev–Trinajstić information content (AvgIpc) is 2.98. The average molecular weight is 281 g/mol. The van der Waals surface area contributed by atoms with E-state index >= 15 is 0 Å². The monoisotopic (exact) mass is 281 g/mol. The molecule has 2 aromatic rings. The summed E-state index contributed by atoms with van der Waals surface area (Å²) >= 11 is 0. The van der Waals surface area contributed by atoms with Gasteiger partial charge in [-0.25, -0.2) is 0 Å². The number of hydrogen-bond donors (Lipinski definition) is 1. The van der Waals surface area contributed by atoms with Crippen LogP contribution in [0.1, 0.15) is 42.5 Å². The summed E-state index contributed by atoms with van der Waals surface area (Å²) < 4.78 is 5.99. The minimum atomic E-state index is 0.416. The number of hydrogen-bond acceptors (Lipinski definition) is 2. The van der Waals surface area contributed by atoms with Crippen molar-refractivity contribution in [3.8, 4) is 11.5 Å². The fourth-order valence-electron chi connectivity index (χ4n) is 3.12. The van der Waals surface area contributed by atoms with Crippen molar-refractivity contribution in [2.75, 3.05) is 7.05 Å². The quantitative estimate of drug-likeness (QED) is 0.862. The van der Waals surface area contributed by atoms with Crippen LogP contribution in [0.2, 0.25) is 0 Å². The molecule has 2 aromatic carbocycles. The van der Waals surface area contributed by atoms with E-state index in [1.54, 1.807) is 0 Å². The molecule has 0 saturated carbocycles. The number of fused-ring (bicyclic) bond motifs is 1. The molecule has 0 radical (unpaired) electrons. The zero-order valence-corrected chi connectivity index (χ0v) is 12.9. The molecule has 3 rings (SSSR count). The van der Waals surface area contributed by atoms with Gasteiger partial charge >= 0.3 is 0 Å². The summed E-state index contributed by atoms with van der Waals surface area (Å²) in [7, 11) is 2.00. The van der Waals surface area contributed by atoms with Crippen LogP contribution >= 0.6 is 0 Å². The van der Waals surface area contributed by atoms with Crippen molar-refractivity contribution >= 4 is 0 Å². The Labute approximate surface area is 127 Å². The molecule has 0 bridgehead atoms. The van der Waals surface area contributed by atoms with Gasteiger partial charge in [0, 0.05) is 6.04 Å². The number of rotatable bonds is 5. The van der Waals surface area contributed by atoms with Crippen LogP contribution < -0.4 is 10.1 Å². The molecule has 0 heterocycles. The van der Waals surface area contributed by atoms with Crippen LogP contribution in [0, 0.1) is 0 Å². The molecule has 0 spiro atoms. The second-order valence-electron chi connectivity index (χ2n) is 5.70. The molecule has 1 aliphatic carbocycles. The van der Waals surface area contributed by atoms with Crippen LogP contribution in [0.4, 0.5) is 0 Å². The van der Waals surface area contributed by atoms with Crippen molar-refractivity contribution in [2.45, 2.75) is 38.6 Å². The fraction of sp³-hybridized carbons (Fsp3) is 0.368. The van der Waals surface area contributed by atoms with E-state index in [1.165, 1.54) is 36.0 Å². The maximum absolute atomic E-state index is 5.99. The summed E-state index contributed by atoms with van der Waals surface area (Å²) in [6, 6.07) is 15.3. The first kappa shape index (κ1) is 14.2. The molecule has 0 fully saturated rings. The van der Waals surface area contributed by atoms with Crippen molar-refractivity contribution in [1.29, 1.82) is 0 Å². The third kappa shape index (κ3) is 3.11. The second kappa shape index (κ2) is 6.31. The summed E-state index contributed by atoms with van der Waals surface area (Å²) in [5.41, 5.74) is 4.24. The van der Waals surface area contributed by atoms with E-state index in [-0.39, 0.29) is 0 Å². The molecule has 0 aromatic heterocycles. The topological polar surface area (TPSA) is 21.3 Å². The zero-order chi connectivity index (χ0) is 14.7. The number of ether oxygens (including phenoxy) is 1. The lowest BCUT2D eigenvalue weighted by atomic mass is 10.0. The molecule has 1 N–H and O–H groups in total. The first-order valence-corrected chi connectivity index (χ1v) is 7.87. The van der Waals surface area contributed by atoms with Crippen molar-refractivity contribution in [1.82, 2.24) is 5.32 Å². The molecule has 21 heavy (non-hydrogen) atoms. The van der Waals surface area contributed by atoms with E-state index in [4.69, 9.17) is 4.74 Å². The van der Waals surface area contributed by atoms with Gasteiger partial charge in [0.25, 0.3) is 0 Å². The van der Waals surface area contributed by atoms with E-state index in [0.717, 1.165) is 17.9 Å². The maximum atomic E-state index is 5.99. The molecule has 0 aliphatic heterocycles. The smallest absolute Gasteiger partial charge is 0.127 e. The highest BCUT2D eigenvalue weighted by Crippen LogP contribution is 2.29. The van der Waals surface area contributed by atoms with E-state index in [2.05, 4.69) is 54.7 Å². The summed E-state index contributed by atoms with van der Waals surface area (Å²) in [6.07, 6.45) is 4.76. The molecular formula is C19H23NO. The van der Waals surface area contributed by atoms with Crippen LogP contribution in [-0.4, -0.2) is 7.05 Å². The highest BCUT2D eigenvalue weighted by molar-refractivity contribution is 5.41. The Kier molecular flexibility index (Phi) is 4.26. The van der Waals surface area contributed by atoms with Crippen molar-refractivity contribution in [2.24, 2.45) is 0 Å². The van der Waals surface area contributed by atoms with Gasteiger partial charge < -0.3 is 10.1 Å². The lowest BCUT2D eigenvalue weighted by Gasteiger charge is -2.15. The van der Waals surface area contributed by atoms with Gasteiger partial charge in [0.1, 0.15) is 11.5 Å². The SMILES string of the molecule is CCC(NC)c1ccc(Oc2ccc3c(c2)CCC3)cc1. The van der Waals surface area contributed by atoms with Crippen LogP contribution in [-0.2, 0) is 12.8 Å². The van der Waals surface area contributed by atoms with Gasteiger partial charge in [0.15, 0.2) is 0 Å². The van der Waals surface area contributed by atoms with Crippen molar-refractivity contribution in [3.05, 3.63) is 59.2 Å². The van der Waals surface area contributed by atoms with Crippen LogP contribution in [0.5, 0.6) is 11.5 Å². The number of nitrogens with one attached hydrogen (secondary N) is 1. The van der Waals surface area contributed by atoms with Crippen LogP contribution in [0.15, 0.2) is 42.5 Å². The summed E-state index contributed by atoms with van der Waals surface area (Å²) in [5, 5.41) is 3.32. The Bertz CT molecular complexity index is 599. The predicted molar refractivity (Wildman–Crippen MR) is 87.1 cm³/mol. The fourth-order valence-corrected chi connectivity index (χ4v) is 3.12. The maximum Gasteiger partial charge on any atom is 0.127 e. The van der Waals surface area contributed by atoms with Crippen LogP contribution in [0.25, 0.3) is 0 Å². The van der Waals surface area contributed by atoms with E-state index in [9.17, 15) is 0 Å². The highest BCUT2D eigenvalue weighted by atomic mass is 16.5. The van der Waals surface area contributed by atoms with E-state index in [1.807, 2.05) is 7.05 Å². The molecule has 110 valence electrons. The highest BCUT2D eigenvalue weighted by Gasteiger charge is 2.12. The Morgan fingerprint density at radius 1 is 1.00 bits per heavy atom. The summed E-state index contributed by atoms with van der Waals surface area (Å²) in [4.78, 5) is 0. The Morgan fingerprint density at radius 3 is 2.43 bits per heavy atom. The third-order valence-electron chi connectivity index (χ3n) is 4.34. The van der Waals surface area contributed by atoms with Crippen molar-refractivity contribution < 1.29 is 4.74 Å². The Morgan fingerprint density at radius 2 is 1.71 bits per heavy atom. The van der Waals surface area contributed by atoms with Gasteiger partial charge in [0.2, 0.25) is 0 Å². The van der Waals surface area contributed by atoms with Gasteiger partial charge in [0.05, 0.1) is 0 Å².